The van der Waals surface area contributed by atoms with Crippen molar-refractivity contribution in [2.75, 3.05) is 31.1 Å². The number of nitrogens with zero attached hydrogens (tertiary/aromatic N) is 4. The summed E-state index contributed by atoms with van der Waals surface area (Å²) in [5.41, 5.74) is 0.522. The van der Waals surface area contributed by atoms with Crippen molar-refractivity contribution in [2.45, 2.75) is 19.9 Å². The molecular weight excluding hydrogens is 216 g/mol. The molecule has 0 N–H and O–H groups in total. The summed E-state index contributed by atoms with van der Waals surface area (Å²) in [5.74, 6) is 0.721. The molecule has 2 rings (SSSR count). The Hall–Kier alpha value is -1.49. The lowest BCUT2D eigenvalue weighted by molar-refractivity contribution is 0.112. The third-order valence-corrected chi connectivity index (χ3v) is 3.25. The van der Waals surface area contributed by atoms with E-state index in [-0.39, 0.29) is 0 Å². The molecule has 0 saturated carbocycles. The topological polar surface area (TPSA) is 49.3 Å². The van der Waals surface area contributed by atoms with Crippen molar-refractivity contribution in [2.24, 2.45) is 0 Å². The van der Waals surface area contributed by atoms with Crippen LogP contribution in [-0.2, 0) is 0 Å². The van der Waals surface area contributed by atoms with E-state index in [0.29, 0.717) is 11.6 Å². The number of carbonyl (C=O) groups excluding carboxylic acids is 1. The van der Waals surface area contributed by atoms with Gasteiger partial charge in [-0.3, -0.25) is 9.69 Å². The predicted octanol–water partition coefficient (Wildman–Crippen LogP) is 0.819. The fourth-order valence-corrected chi connectivity index (χ4v) is 2.20. The number of hydrogen-bond acceptors (Lipinski definition) is 5. The van der Waals surface area contributed by atoms with Crippen LogP contribution in [0.4, 0.5) is 5.95 Å². The van der Waals surface area contributed by atoms with Crippen LogP contribution in [0.3, 0.4) is 0 Å². The van der Waals surface area contributed by atoms with Crippen molar-refractivity contribution in [3.63, 3.8) is 0 Å². The van der Waals surface area contributed by atoms with Gasteiger partial charge in [0.2, 0.25) is 5.95 Å². The SMILES string of the molecule is CCN1CCN(c2ncc(C=O)cn2)CC1C. The molecule has 17 heavy (non-hydrogen) atoms. The third kappa shape index (κ3) is 2.61. The summed E-state index contributed by atoms with van der Waals surface area (Å²) in [7, 11) is 0. The van der Waals surface area contributed by atoms with Crippen LogP contribution in [0.15, 0.2) is 12.4 Å². The maximum Gasteiger partial charge on any atom is 0.225 e. The van der Waals surface area contributed by atoms with Gasteiger partial charge in [0.25, 0.3) is 0 Å². The van der Waals surface area contributed by atoms with Crippen molar-refractivity contribution in [3.8, 4) is 0 Å². The average Bonchev–Trinajstić information content (AvgIpc) is 2.39. The van der Waals surface area contributed by atoms with Crippen molar-refractivity contribution in [3.05, 3.63) is 18.0 Å². The van der Waals surface area contributed by atoms with E-state index >= 15 is 0 Å². The molecule has 5 heteroatoms. The highest BCUT2D eigenvalue weighted by atomic mass is 16.1. The lowest BCUT2D eigenvalue weighted by Gasteiger charge is -2.39. The number of carbonyl (C=O) groups is 1. The molecule has 1 fully saturated rings. The molecule has 1 aromatic heterocycles. The van der Waals surface area contributed by atoms with Crippen LogP contribution in [0.25, 0.3) is 0 Å². The van der Waals surface area contributed by atoms with Crippen LogP contribution in [0.1, 0.15) is 24.2 Å². The van der Waals surface area contributed by atoms with Gasteiger partial charge in [-0.15, -0.1) is 0 Å². The zero-order chi connectivity index (χ0) is 12.3. The fraction of sp³-hybridized carbons (Fsp3) is 0.583. The summed E-state index contributed by atoms with van der Waals surface area (Å²) in [5, 5.41) is 0. The number of anilines is 1. The molecule has 0 spiro atoms. The highest BCUT2D eigenvalue weighted by molar-refractivity contribution is 5.73. The van der Waals surface area contributed by atoms with E-state index in [4.69, 9.17) is 0 Å². The lowest BCUT2D eigenvalue weighted by atomic mass is 10.2. The molecular formula is C12H18N4O. The van der Waals surface area contributed by atoms with E-state index in [9.17, 15) is 4.79 Å². The first-order chi connectivity index (χ1) is 8.24. The zero-order valence-electron chi connectivity index (χ0n) is 10.3. The Balaban J connectivity index is 2.05. The average molecular weight is 234 g/mol. The molecule has 0 bridgehead atoms. The van der Waals surface area contributed by atoms with E-state index < -0.39 is 0 Å². The minimum atomic E-state index is 0.517. The Morgan fingerprint density at radius 3 is 2.65 bits per heavy atom. The fourth-order valence-electron chi connectivity index (χ4n) is 2.20. The van der Waals surface area contributed by atoms with Crippen molar-refractivity contribution >= 4 is 12.2 Å². The van der Waals surface area contributed by atoms with Gasteiger partial charge in [-0.1, -0.05) is 6.92 Å². The molecule has 0 aromatic carbocycles. The summed E-state index contributed by atoms with van der Waals surface area (Å²) >= 11 is 0. The first-order valence-corrected chi connectivity index (χ1v) is 6.00. The summed E-state index contributed by atoms with van der Waals surface area (Å²) in [6.07, 6.45) is 3.92. The Kier molecular flexibility index (Phi) is 3.68. The molecule has 5 nitrogen and oxygen atoms in total. The van der Waals surface area contributed by atoms with Crippen LogP contribution in [0, 0.1) is 0 Å². The molecule has 1 atom stereocenters. The molecule has 92 valence electrons. The Morgan fingerprint density at radius 1 is 1.41 bits per heavy atom. The van der Waals surface area contributed by atoms with Gasteiger partial charge in [-0.05, 0) is 13.5 Å². The smallest absolute Gasteiger partial charge is 0.225 e. The highest BCUT2D eigenvalue weighted by Gasteiger charge is 2.23. The number of aldehydes is 1. The zero-order valence-corrected chi connectivity index (χ0v) is 10.3. The third-order valence-electron chi connectivity index (χ3n) is 3.25. The minimum Gasteiger partial charge on any atom is -0.338 e. The van der Waals surface area contributed by atoms with Gasteiger partial charge in [-0.2, -0.15) is 0 Å². The number of rotatable bonds is 3. The second-order valence-electron chi connectivity index (χ2n) is 4.36. The van der Waals surface area contributed by atoms with Gasteiger partial charge < -0.3 is 4.90 Å². The van der Waals surface area contributed by atoms with Crippen molar-refractivity contribution in [1.82, 2.24) is 14.9 Å². The van der Waals surface area contributed by atoms with E-state index in [1.165, 1.54) is 0 Å². The first kappa shape index (κ1) is 12.0. The molecule has 1 unspecified atom stereocenters. The van der Waals surface area contributed by atoms with Crippen LogP contribution in [0.2, 0.25) is 0 Å². The summed E-state index contributed by atoms with van der Waals surface area (Å²) < 4.78 is 0. The van der Waals surface area contributed by atoms with Gasteiger partial charge in [0, 0.05) is 38.1 Å². The highest BCUT2D eigenvalue weighted by Crippen LogP contribution is 2.14. The number of hydrogen-bond donors (Lipinski definition) is 0. The van der Waals surface area contributed by atoms with Gasteiger partial charge in [0.1, 0.15) is 0 Å². The Labute approximate surface area is 101 Å². The number of aromatic nitrogens is 2. The molecule has 2 heterocycles. The van der Waals surface area contributed by atoms with Crippen LogP contribution in [0.5, 0.6) is 0 Å². The summed E-state index contributed by atoms with van der Waals surface area (Å²) in [4.78, 5) is 23.6. The first-order valence-electron chi connectivity index (χ1n) is 6.00. The van der Waals surface area contributed by atoms with Gasteiger partial charge >= 0.3 is 0 Å². The second-order valence-corrected chi connectivity index (χ2v) is 4.36. The van der Waals surface area contributed by atoms with Gasteiger partial charge in [0.05, 0.1) is 5.56 Å². The molecule has 1 saturated heterocycles. The van der Waals surface area contributed by atoms with E-state index in [2.05, 4.69) is 33.6 Å². The second kappa shape index (κ2) is 5.23. The predicted molar refractivity (Wildman–Crippen MR) is 66.3 cm³/mol. The van der Waals surface area contributed by atoms with Crippen LogP contribution < -0.4 is 4.90 Å². The van der Waals surface area contributed by atoms with Crippen molar-refractivity contribution in [1.29, 1.82) is 0 Å². The summed E-state index contributed by atoms with van der Waals surface area (Å²) in [6.45, 7) is 8.40. The normalized spacial score (nSPS) is 21.5. The Bertz CT molecular complexity index is 379. The quantitative estimate of drug-likeness (QED) is 0.725. The maximum atomic E-state index is 10.5. The lowest BCUT2D eigenvalue weighted by Crippen LogP contribution is -2.52. The van der Waals surface area contributed by atoms with E-state index in [1.807, 2.05) is 0 Å². The number of piperazine rings is 1. The van der Waals surface area contributed by atoms with Crippen LogP contribution >= 0.6 is 0 Å². The molecule has 0 radical (unpaired) electrons. The van der Waals surface area contributed by atoms with Crippen molar-refractivity contribution < 1.29 is 4.79 Å². The van der Waals surface area contributed by atoms with Gasteiger partial charge in [0.15, 0.2) is 6.29 Å². The standard InChI is InChI=1S/C12H18N4O/c1-3-15-4-5-16(8-10(15)2)12-13-6-11(9-17)7-14-12/h6-7,9-10H,3-5,8H2,1-2H3. The van der Waals surface area contributed by atoms with E-state index in [0.717, 1.165) is 38.4 Å². The molecule has 0 aliphatic carbocycles. The van der Waals surface area contributed by atoms with E-state index in [1.54, 1.807) is 12.4 Å². The Morgan fingerprint density at radius 2 is 2.12 bits per heavy atom. The summed E-state index contributed by atoms with van der Waals surface area (Å²) in [6, 6.07) is 0.517. The molecule has 1 aliphatic rings. The van der Waals surface area contributed by atoms with Gasteiger partial charge in [-0.25, -0.2) is 9.97 Å². The van der Waals surface area contributed by atoms with Crippen LogP contribution in [-0.4, -0.2) is 53.4 Å². The molecule has 1 aromatic rings. The largest absolute Gasteiger partial charge is 0.338 e. The molecule has 1 aliphatic heterocycles. The number of likely N-dealkylation sites (N-methyl/N-ethyl adjacent to an activating group) is 1. The minimum absolute atomic E-state index is 0.517. The monoisotopic (exact) mass is 234 g/mol. The maximum absolute atomic E-state index is 10.5. The molecule has 0 amide bonds.